The molecule has 1 saturated heterocycles. The molecule has 172 valence electrons. The summed E-state index contributed by atoms with van der Waals surface area (Å²) in [6, 6.07) is 21.9. The first-order valence-corrected chi connectivity index (χ1v) is 12.5. The topological polar surface area (TPSA) is 66.5 Å². The maximum atomic E-state index is 14.1. The number of nitrogens with zero attached hydrogens (tertiary/aromatic N) is 1. The number of rotatable bonds is 6. The van der Waals surface area contributed by atoms with Crippen molar-refractivity contribution in [2.45, 2.75) is 23.8 Å². The van der Waals surface area contributed by atoms with E-state index in [1.807, 2.05) is 48.5 Å². The van der Waals surface area contributed by atoms with Crippen molar-refractivity contribution in [3.8, 4) is 0 Å². The van der Waals surface area contributed by atoms with Crippen LogP contribution >= 0.6 is 11.6 Å². The minimum atomic E-state index is -3.94. The summed E-state index contributed by atoms with van der Waals surface area (Å²) in [5.74, 6) is -1.26. The molecule has 0 radical (unpaired) electrons. The number of piperidine rings is 1. The summed E-state index contributed by atoms with van der Waals surface area (Å²) in [6.07, 6.45) is 0.715. The van der Waals surface area contributed by atoms with Gasteiger partial charge >= 0.3 is 0 Å². The number of nitrogens with one attached hydrogen (secondary N) is 1. The summed E-state index contributed by atoms with van der Waals surface area (Å²) in [5, 5.41) is 3.69. The van der Waals surface area contributed by atoms with E-state index < -0.39 is 15.8 Å². The van der Waals surface area contributed by atoms with E-state index in [0.717, 1.165) is 17.2 Å². The van der Waals surface area contributed by atoms with Gasteiger partial charge in [-0.2, -0.15) is 4.31 Å². The largest absolute Gasteiger partial charge is 0.345 e. The summed E-state index contributed by atoms with van der Waals surface area (Å²) in [6.45, 7) is 0.309. The van der Waals surface area contributed by atoms with Crippen LogP contribution in [-0.4, -0.2) is 31.7 Å². The van der Waals surface area contributed by atoms with E-state index in [1.54, 1.807) is 6.07 Å². The average molecular weight is 487 g/mol. The average Bonchev–Trinajstić information content (AvgIpc) is 2.83. The number of benzene rings is 3. The van der Waals surface area contributed by atoms with Gasteiger partial charge in [0.2, 0.25) is 15.9 Å². The molecule has 1 fully saturated rings. The van der Waals surface area contributed by atoms with Crippen LogP contribution in [-0.2, 0) is 14.8 Å². The standard InChI is InChI=1S/C25H24ClFN2O3S/c26-21-10-6-9-20(17-21)24(18-7-2-1-3-8-18)28-25(30)19-13-15-29(16-14-19)33(31,32)23-12-5-4-11-22(23)27/h1-12,17,19,24H,13-16H2,(H,28,30). The lowest BCUT2D eigenvalue weighted by molar-refractivity contribution is -0.126. The molecule has 3 aromatic carbocycles. The van der Waals surface area contributed by atoms with E-state index >= 15 is 0 Å². The van der Waals surface area contributed by atoms with Gasteiger partial charge in [0.15, 0.2) is 0 Å². The Labute approximate surface area is 198 Å². The number of sulfonamides is 1. The van der Waals surface area contributed by atoms with Gasteiger partial charge in [0.25, 0.3) is 0 Å². The quantitative estimate of drug-likeness (QED) is 0.545. The van der Waals surface area contributed by atoms with E-state index in [-0.39, 0.29) is 35.9 Å². The van der Waals surface area contributed by atoms with Crippen molar-refractivity contribution in [1.29, 1.82) is 0 Å². The van der Waals surface area contributed by atoms with E-state index in [0.29, 0.717) is 17.9 Å². The molecule has 1 N–H and O–H groups in total. The second-order valence-corrected chi connectivity index (χ2v) is 10.4. The van der Waals surface area contributed by atoms with Crippen LogP contribution in [0.2, 0.25) is 5.02 Å². The molecule has 1 amide bonds. The Balaban J connectivity index is 1.47. The highest BCUT2D eigenvalue weighted by atomic mass is 35.5. The monoisotopic (exact) mass is 486 g/mol. The Morgan fingerprint density at radius 1 is 0.939 bits per heavy atom. The highest BCUT2D eigenvalue weighted by Gasteiger charge is 2.34. The van der Waals surface area contributed by atoms with Crippen LogP contribution < -0.4 is 5.32 Å². The van der Waals surface area contributed by atoms with Crippen molar-refractivity contribution in [2.24, 2.45) is 5.92 Å². The second-order valence-electron chi connectivity index (χ2n) is 8.02. The van der Waals surface area contributed by atoms with Crippen LogP contribution in [0.4, 0.5) is 4.39 Å². The molecule has 0 aromatic heterocycles. The number of carbonyl (C=O) groups is 1. The second kappa shape index (κ2) is 10.0. The van der Waals surface area contributed by atoms with E-state index in [9.17, 15) is 17.6 Å². The Morgan fingerprint density at radius 2 is 1.58 bits per heavy atom. The summed E-state index contributed by atoms with van der Waals surface area (Å²) < 4.78 is 41.0. The Kier molecular flexibility index (Phi) is 7.12. The fraction of sp³-hybridized carbons (Fsp3) is 0.240. The molecule has 0 aliphatic carbocycles. The maximum absolute atomic E-state index is 14.1. The summed E-state index contributed by atoms with van der Waals surface area (Å²) >= 11 is 6.18. The molecule has 1 aliphatic rings. The van der Waals surface area contributed by atoms with Crippen molar-refractivity contribution in [1.82, 2.24) is 9.62 Å². The van der Waals surface area contributed by atoms with Gasteiger partial charge in [-0.1, -0.05) is 66.2 Å². The number of halogens is 2. The van der Waals surface area contributed by atoms with Crippen LogP contribution in [0.1, 0.15) is 30.0 Å². The smallest absolute Gasteiger partial charge is 0.245 e. The predicted molar refractivity (Wildman–Crippen MR) is 126 cm³/mol. The summed E-state index contributed by atoms with van der Waals surface area (Å²) in [7, 11) is -3.94. The van der Waals surface area contributed by atoms with Crippen molar-refractivity contribution in [3.63, 3.8) is 0 Å². The molecule has 3 aromatic rings. The molecule has 0 spiro atoms. The SMILES string of the molecule is O=C(NC(c1ccccc1)c1cccc(Cl)c1)C1CCN(S(=O)(=O)c2ccccc2F)CC1. The number of hydrogen-bond donors (Lipinski definition) is 1. The molecule has 1 atom stereocenters. The molecule has 0 saturated carbocycles. The van der Waals surface area contributed by atoms with Gasteiger partial charge in [-0.3, -0.25) is 4.79 Å². The maximum Gasteiger partial charge on any atom is 0.245 e. The molecule has 4 rings (SSSR count). The fourth-order valence-corrected chi connectivity index (χ4v) is 5.84. The highest BCUT2D eigenvalue weighted by molar-refractivity contribution is 7.89. The minimum Gasteiger partial charge on any atom is -0.345 e. The van der Waals surface area contributed by atoms with Gasteiger partial charge < -0.3 is 5.32 Å². The minimum absolute atomic E-state index is 0.147. The number of amides is 1. The van der Waals surface area contributed by atoms with Crippen molar-refractivity contribution in [3.05, 3.63) is 101 Å². The zero-order valence-electron chi connectivity index (χ0n) is 17.8. The first kappa shape index (κ1) is 23.4. The predicted octanol–water partition coefficient (Wildman–Crippen LogP) is 4.79. The normalized spacial score (nSPS) is 16.3. The third kappa shape index (κ3) is 5.27. The Morgan fingerprint density at radius 3 is 2.24 bits per heavy atom. The lowest BCUT2D eigenvalue weighted by atomic mass is 9.94. The molecule has 5 nitrogen and oxygen atoms in total. The molecule has 8 heteroatoms. The molecule has 1 heterocycles. The van der Waals surface area contributed by atoms with E-state index in [2.05, 4.69) is 5.32 Å². The van der Waals surface area contributed by atoms with Gasteiger partial charge in [-0.15, -0.1) is 0 Å². The van der Waals surface area contributed by atoms with Crippen LogP contribution in [0.25, 0.3) is 0 Å². The summed E-state index contributed by atoms with van der Waals surface area (Å²) in [4.78, 5) is 12.8. The van der Waals surface area contributed by atoms with Crippen LogP contribution in [0.5, 0.6) is 0 Å². The van der Waals surface area contributed by atoms with Crippen molar-refractivity contribution in [2.75, 3.05) is 13.1 Å². The first-order chi connectivity index (χ1) is 15.9. The molecule has 0 bridgehead atoms. The third-order valence-corrected chi connectivity index (χ3v) is 8.05. The fourth-order valence-electron chi connectivity index (χ4n) is 4.10. The van der Waals surface area contributed by atoms with Gasteiger partial charge in [-0.25, -0.2) is 12.8 Å². The number of hydrogen-bond acceptors (Lipinski definition) is 3. The van der Waals surface area contributed by atoms with E-state index in [1.165, 1.54) is 22.5 Å². The van der Waals surface area contributed by atoms with E-state index in [4.69, 9.17) is 11.6 Å². The lowest BCUT2D eigenvalue weighted by Crippen LogP contribution is -2.44. The molecule has 1 unspecified atom stereocenters. The summed E-state index contributed by atoms with van der Waals surface area (Å²) in [5.41, 5.74) is 1.79. The van der Waals surface area contributed by atoms with Crippen LogP contribution in [0.15, 0.2) is 83.8 Å². The van der Waals surface area contributed by atoms with Gasteiger partial charge in [0.05, 0.1) is 6.04 Å². The Hall–Kier alpha value is -2.74. The molecule has 1 aliphatic heterocycles. The molecular formula is C25H24ClFN2O3S. The molecular weight excluding hydrogens is 463 g/mol. The van der Waals surface area contributed by atoms with Crippen LogP contribution in [0, 0.1) is 11.7 Å². The lowest BCUT2D eigenvalue weighted by Gasteiger charge is -2.31. The van der Waals surface area contributed by atoms with Crippen molar-refractivity contribution < 1.29 is 17.6 Å². The zero-order valence-corrected chi connectivity index (χ0v) is 19.4. The zero-order chi connectivity index (χ0) is 23.4. The van der Waals surface area contributed by atoms with Crippen LogP contribution in [0.3, 0.4) is 0 Å². The van der Waals surface area contributed by atoms with Gasteiger partial charge in [-0.05, 0) is 48.2 Å². The first-order valence-electron chi connectivity index (χ1n) is 10.7. The van der Waals surface area contributed by atoms with Gasteiger partial charge in [0, 0.05) is 24.0 Å². The number of carbonyl (C=O) groups excluding carboxylic acids is 1. The highest BCUT2D eigenvalue weighted by Crippen LogP contribution is 2.28. The third-order valence-electron chi connectivity index (χ3n) is 5.88. The van der Waals surface area contributed by atoms with Gasteiger partial charge in [0.1, 0.15) is 10.7 Å². The molecule has 33 heavy (non-hydrogen) atoms. The van der Waals surface area contributed by atoms with Crippen molar-refractivity contribution >= 4 is 27.5 Å². The Bertz CT molecular complexity index is 1230.